The predicted octanol–water partition coefficient (Wildman–Crippen LogP) is 3.47. The van der Waals surface area contributed by atoms with Gasteiger partial charge in [-0.25, -0.2) is 13.2 Å². The van der Waals surface area contributed by atoms with Gasteiger partial charge in [-0.3, -0.25) is 0 Å². The molecule has 1 N–H and O–H groups in total. The van der Waals surface area contributed by atoms with Crippen LogP contribution in [0, 0.1) is 6.92 Å². The molecule has 1 amide bonds. The molecule has 134 valence electrons. The lowest BCUT2D eigenvalue weighted by molar-refractivity contribution is 0.150. The molecule has 25 heavy (non-hydrogen) atoms. The minimum atomic E-state index is -3.71. The summed E-state index contributed by atoms with van der Waals surface area (Å²) in [6.07, 6.45) is 0.0680. The first-order valence-corrected chi connectivity index (χ1v) is 9.76. The molecule has 2 rings (SSSR count). The maximum atomic E-state index is 12.9. The van der Waals surface area contributed by atoms with Gasteiger partial charge in [0.15, 0.2) is 9.84 Å². The smallest absolute Gasteiger partial charge is 0.408 e. The number of ether oxygens (including phenoxy) is 1. The molecular weight excluding hydrogens is 338 g/mol. The topological polar surface area (TPSA) is 72.5 Å². The molecule has 0 aliphatic rings. The van der Waals surface area contributed by atoms with E-state index in [0.29, 0.717) is 6.42 Å². The van der Waals surface area contributed by atoms with Crippen LogP contribution >= 0.6 is 0 Å². The van der Waals surface area contributed by atoms with Crippen LogP contribution in [0.4, 0.5) is 4.79 Å². The third-order valence-electron chi connectivity index (χ3n) is 3.82. The highest BCUT2D eigenvalue weighted by atomic mass is 32.2. The molecule has 5 nitrogen and oxygen atoms in total. The highest BCUT2D eigenvalue weighted by Gasteiger charge is 2.29. The summed E-state index contributed by atoms with van der Waals surface area (Å²) in [6.45, 7) is 3.75. The van der Waals surface area contributed by atoms with Crippen LogP contribution in [0.1, 0.15) is 24.5 Å². The van der Waals surface area contributed by atoms with Gasteiger partial charge in [0.25, 0.3) is 0 Å². The summed E-state index contributed by atoms with van der Waals surface area (Å²) in [4.78, 5) is 12.0. The Kier molecular flexibility index (Phi) is 6.58. The highest BCUT2D eigenvalue weighted by Crippen LogP contribution is 2.19. The summed E-state index contributed by atoms with van der Waals surface area (Å²) in [5.74, 6) is 0. The van der Waals surface area contributed by atoms with E-state index in [1.807, 2.05) is 37.3 Å². The van der Waals surface area contributed by atoms with E-state index in [-0.39, 0.29) is 17.9 Å². The first-order valence-electron chi connectivity index (χ1n) is 8.21. The van der Waals surface area contributed by atoms with Crippen molar-refractivity contribution >= 4 is 15.9 Å². The highest BCUT2D eigenvalue weighted by molar-refractivity contribution is 7.92. The summed E-state index contributed by atoms with van der Waals surface area (Å²) < 4.78 is 30.7. The van der Waals surface area contributed by atoms with Gasteiger partial charge in [0.1, 0.15) is 5.37 Å². The fourth-order valence-corrected chi connectivity index (χ4v) is 3.97. The molecule has 2 aromatic carbocycles. The van der Waals surface area contributed by atoms with Crippen molar-refractivity contribution < 1.29 is 17.9 Å². The molecule has 0 saturated carbocycles. The third-order valence-corrected chi connectivity index (χ3v) is 5.85. The molecule has 1 unspecified atom stereocenters. The number of carbonyl (C=O) groups is 1. The first kappa shape index (κ1) is 19.0. The molecule has 0 aliphatic carbocycles. The third kappa shape index (κ3) is 5.32. The summed E-state index contributed by atoms with van der Waals surface area (Å²) in [7, 11) is -3.71. The Labute approximate surface area is 148 Å². The van der Waals surface area contributed by atoms with Gasteiger partial charge in [-0.1, -0.05) is 48.0 Å². The second-order valence-corrected chi connectivity index (χ2v) is 7.87. The SMILES string of the molecule is CCOC(=O)NC(CCc1ccccc1)S(=O)(=O)c1ccc(C)cc1. The largest absolute Gasteiger partial charge is 0.450 e. The zero-order valence-electron chi connectivity index (χ0n) is 14.4. The average Bonchev–Trinajstić information content (AvgIpc) is 2.60. The lowest BCUT2D eigenvalue weighted by Crippen LogP contribution is -2.41. The van der Waals surface area contributed by atoms with Crippen LogP contribution in [0.5, 0.6) is 0 Å². The number of amides is 1. The number of carbonyl (C=O) groups excluding carboxylic acids is 1. The molecule has 0 aliphatic heterocycles. The molecule has 1 atom stereocenters. The summed E-state index contributed by atoms with van der Waals surface area (Å²) in [5, 5.41) is 1.45. The Morgan fingerprint density at radius 3 is 2.32 bits per heavy atom. The molecule has 0 heterocycles. The fourth-order valence-electron chi connectivity index (χ4n) is 2.44. The van der Waals surface area contributed by atoms with E-state index in [2.05, 4.69) is 5.32 Å². The number of alkyl carbamates (subject to hydrolysis) is 1. The number of nitrogens with one attached hydrogen (secondary N) is 1. The summed E-state index contributed by atoms with van der Waals surface area (Å²) >= 11 is 0. The second kappa shape index (κ2) is 8.67. The Bertz CT molecular complexity index is 786. The van der Waals surface area contributed by atoms with Gasteiger partial charge in [0, 0.05) is 0 Å². The Hall–Kier alpha value is -2.34. The van der Waals surface area contributed by atoms with E-state index >= 15 is 0 Å². The van der Waals surface area contributed by atoms with Crippen molar-refractivity contribution in [3.63, 3.8) is 0 Å². The second-order valence-electron chi connectivity index (χ2n) is 5.74. The van der Waals surface area contributed by atoms with E-state index < -0.39 is 21.3 Å². The molecule has 0 aromatic heterocycles. The Balaban J connectivity index is 2.22. The number of hydrogen-bond acceptors (Lipinski definition) is 4. The Morgan fingerprint density at radius 2 is 1.72 bits per heavy atom. The molecule has 0 saturated heterocycles. The normalized spacial score (nSPS) is 12.4. The zero-order valence-corrected chi connectivity index (χ0v) is 15.3. The Morgan fingerprint density at radius 1 is 1.08 bits per heavy atom. The maximum Gasteiger partial charge on any atom is 0.408 e. The van der Waals surface area contributed by atoms with Crippen molar-refractivity contribution in [2.24, 2.45) is 0 Å². The van der Waals surface area contributed by atoms with E-state index in [1.165, 1.54) is 0 Å². The van der Waals surface area contributed by atoms with Crippen LogP contribution in [0.2, 0.25) is 0 Å². The number of sulfone groups is 1. The van der Waals surface area contributed by atoms with Crippen molar-refractivity contribution in [1.82, 2.24) is 5.32 Å². The standard InChI is InChI=1S/C19H23NO4S/c1-3-24-19(21)20-18(14-11-16-7-5-4-6-8-16)25(22,23)17-12-9-15(2)10-13-17/h4-10,12-13,18H,3,11,14H2,1-2H3,(H,20,21). The van der Waals surface area contributed by atoms with E-state index in [0.717, 1.165) is 11.1 Å². The number of aryl methyl sites for hydroxylation is 2. The van der Waals surface area contributed by atoms with Crippen LogP contribution in [0.3, 0.4) is 0 Å². The van der Waals surface area contributed by atoms with Crippen molar-refractivity contribution in [1.29, 1.82) is 0 Å². The zero-order chi connectivity index (χ0) is 18.3. The van der Waals surface area contributed by atoms with Gasteiger partial charge < -0.3 is 10.1 Å². The van der Waals surface area contributed by atoms with Gasteiger partial charge in [0.2, 0.25) is 0 Å². The van der Waals surface area contributed by atoms with Gasteiger partial charge in [-0.15, -0.1) is 0 Å². The molecule has 0 fully saturated rings. The minimum absolute atomic E-state index is 0.182. The maximum absolute atomic E-state index is 12.9. The number of benzene rings is 2. The van der Waals surface area contributed by atoms with E-state index in [9.17, 15) is 13.2 Å². The van der Waals surface area contributed by atoms with E-state index in [4.69, 9.17) is 4.74 Å². The van der Waals surface area contributed by atoms with Gasteiger partial charge in [-0.05, 0) is 44.4 Å². The summed E-state index contributed by atoms with van der Waals surface area (Å²) in [6, 6.07) is 16.2. The van der Waals surface area contributed by atoms with Gasteiger partial charge in [0.05, 0.1) is 11.5 Å². The minimum Gasteiger partial charge on any atom is -0.450 e. The van der Waals surface area contributed by atoms with Crippen molar-refractivity contribution in [2.45, 2.75) is 37.0 Å². The summed E-state index contributed by atoms with van der Waals surface area (Å²) in [5.41, 5.74) is 1.98. The first-order chi connectivity index (χ1) is 11.9. The molecule has 0 bridgehead atoms. The molecule has 0 radical (unpaired) electrons. The van der Waals surface area contributed by atoms with Crippen molar-refractivity contribution in [2.75, 3.05) is 6.61 Å². The van der Waals surface area contributed by atoms with Crippen molar-refractivity contribution in [3.8, 4) is 0 Å². The predicted molar refractivity (Wildman–Crippen MR) is 97.1 cm³/mol. The molecular formula is C19H23NO4S. The van der Waals surface area contributed by atoms with Gasteiger partial charge in [-0.2, -0.15) is 0 Å². The van der Waals surface area contributed by atoms with Crippen LogP contribution < -0.4 is 5.32 Å². The van der Waals surface area contributed by atoms with Crippen LogP contribution in [-0.4, -0.2) is 26.5 Å². The van der Waals surface area contributed by atoms with Gasteiger partial charge >= 0.3 is 6.09 Å². The number of hydrogen-bond donors (Lipinski definition) is 1. The molecule has 6 heteroatoms. The monoisotopic (exact) mass is 361 g/mol. The molecule has 2 aromatic rings. The van der Waals surface area contributed by atoms with Crippen LogP contribution in [0.15, 0.2) is 59.5 Å². The van der Waals surface area contributed by atoms with Crippen LogP contribution in [-0.2, 0) is 21.0 Å². The van der Waals surface area contributed by atoms with Crippen LogP contribution in [0.25, 0.3) is 0 Å². The quantitative estimate of drug-likeness (QED) is 0.819. The lowest BCUT2D eigenvalue weighted by Gasteiger charge is -2.19. The number of rotatable bonds is 7. The van der Waals surface area contributed by atoms with Crippen molar-refractivity contribution in [3.05, 3.63) is 65.7 Å². The average molecular weight is 361 g/mol. The van der Waals surface area contributed by atoms with E-state index in [1.54, 1.807) is 31.2 Å². The lowest BCUT2D eigenvalue weighted by atomic mass is 10.1. The molecule has 0 spiro atoms. The fraction of sp³-hybridized carbons (Fsp3) is 0.316.